The van der Waals surface area contributed by atoms with E-state index in [1.807, 2.05) is 12.1 Å². The van der Waals surface area contributed by atoms with Gasteiger partial charge in [-0.25, -0.2) is 4.79 Å². The number of rotatable bonds is 1. The Morgan fingerprint density at radius 1 is 0.889 bits per heavy atom. The minimum Gasteiger partial charge on any atom is -0.456 e. The van der Waals surface area contributed by atoms with Crippen molar-refractivity contribution in [3.8, 4) is 11.5 Å². The SMILES string of the molecule is Nc1ccc2c(c1)C1(OC(=O)c3ccccc31)c1ccc(N(O)O)cc1O2. The lowest BCUT2D eigenvalue weighted by atomic mass is 9.77. The van der Waals surface area contributed by atoms with E-state index in [0.717, 1.165) is 0 Å². The van der Waals surface area contributed by atoms with Crippen LogP contribution in [0.5, 0.6) is 11.5 Å². The third kappa shape index (κ3) is 2.00. The molecule has 0 radical (unpaired) electrons. The molecule has 1 atom stereocenters. The maximum atomic E-state index is 12.6. The molecule has 3 aromatic rings. The first-order chi connectivity index (χ1) is 13.0. The number of nitrogens with two attached hydrogens (primary N) is 1. The molecule has 2 aliphatic rings. The van der Waals surface area contributed by atoms with Gasteiger partial charge < -0.3 is 15.2 Å². The van der Waals surface area contributed by atoms with Gasteiger partial charge in [0.1, 0.15) is 11.5 Å². The third-order valence-electron chi connectivity index (χ3n) is 4.95. The molecule has 0 aliphatic carbocycles. The largest absolute Gasteiger partial charge is 0.456 e. The van der Waals surface area contributed by atoms with Crippen molar-refractivity contribution in [1.29, 1.82) is 0 Å². The van der Waals surface area contributed by atoms with Crippen LogP contribution >= 0.6 is 0 Å². The quantitative estimate of drug-likeness (QED) is 0.346. The summed E-state index contributed by atoms with van der Waals surface area (Å²) in [6, 6.07) is 16.9. The second-order valence-corrected chi connectivity index (χ2v) is 6.44. The van der Waals surface area contributed by atoms with Gasteiger partial charge >= 0.3 is 5.97 Å². The molecule has 2 heterocycles. The summed E-state index contributed by atoms with van der Waals surface area (Å²) in [6.45, 7) is 0. The van der Waals surface area contributed by atoms with Crippen LogP contribution in [0.15, 0.2) is 60.7 Å². The van der Waals surface area contributed by atoms with E-state index in [-0.39, 0.29) is 10.9 Å². The number of fused-ring (bicyclic) bond motifs is 6. The number of carbonyl (C=O) groups excluding carboxylic acids is 1. The Balaban J connectivity index is 1.87. The molecule has 3 aromatic carbocycles. The van der Waals surface area contributed by atoms with Crippen LogP contribution < -0.4 is 15.7 Å². The van der Waals surface area contributed by atoms with Crippen molar-refractivity contribution in [3.05, 3.63) is 82.9 Å². The second kappa shape index (κ2) is 5.23. The van der Waals surface area contributed by atoms with Gasteiger partial charge in [0, 0.05) is 28.4 Å². The van der Waals surface area contributed by atoms with Crippen molar-refractivity contribution in [3.63, 3.8) is 0 Å². The zero-order valence-corrected chi connectivity index (χ0v) is 13.9. The Morgan fingerprint density at radius 3 is 2.52 bits per heavy atom. The molecule has 0 fully saturated rings. The Morgan fingerprint density at radius 2 is 1.70 bits per heavy atom. The fourth-order valence-electron chi connectivity index (χ4n) is 3.80. The summed E-state index contributed by atoms with van der Waals surface area (Å²) < 4.78 is 11.9. The zero-order valence-electron chi connectivity index (χ0n) is 13.9. The average molecular weight is 362 g/mol. The first-order valence-electron chi connectivity index (χ1n) is 8.24. The van der Waals surface area contributed by atoms with Crippen molar-refractivity contribution in [2.75, 3.05) is 11.0 Å². The highest BCUT2D eigenvalue weighted by Gasteiger charge is 2.53. The number of carbonyl (C=O) groups is 1. The van der Waals surface area contributed by atoms with Crippen LogP contribution in [-0.2, 0) is 10.3 Å². The normalized spacial score (nSPS) is 19.0. The highest BCUT2D eigenvalue weighted by atomic mass is 16.8. The molecule has 0 amide bonds. The van der Waals surface area contributed by atoms with E-state index in [0.29, 0.717) is 39.4 Å². The summed E-state index contributed by atoms with van der Waals surface area (Å²) in [5.74, 6) is 0.380. The van der Waals surface area contributed by atoms with Crippen LogP contribution in [0.1, 0.15) is 27.0 Å². The predicted molar refractivity (Wildman–Crippen MR) is 95.2 cm³/mol. The first-order valence-corrected chi connectivity index (χ1v) is 8.24. The number of hydrogen-bond donors (Lipinski definition) is 3. The van der Waals surface area contributed by atoms with Gasteiger partial charge in [0.2, 0.25) is 0 Å². The highest BCUT2D eigenvalue weighted by Crippen LogP contribution is 2.56. The number of esters is 1. The van der Waals surface area contributed by atoms with E-state index in [4.69, 9.17) is 15.2 Å². The molecule has 5 rings (SSSR count). The van der Waals surface area contributed by atoms with Gasteiger partial charge in [-0.2, -0.15) is 0 Å². The maximum absolute atomic E-state index is 12.6. The monoisotopic (exact) mass is 362 g/mol. The average Bonchev–Trinajstić information content (AvgIpc) is 2.96. The molecule has 27 heavy (non-hydrogen) atoms. The van der Waals surface area contributed by atoms with E-state index in [2.05, 4.69) is 0 Å². The molecule has 0 bridgehead atoms. The first kappa shape index (κ1) is 15.7. The molecule has 0 aromatic heterocycles. The zero-order chi connectivity index (χ0) is 18.8. The summed E-state index contributed by atoms with van der Waals surface area (Å²) in [4.78, 5) is 12.6. The standard InChI is InChI=1S/C20H14N2O5/c21-11-5-8-17-16(9-11)20(14-4-2-1-3-13(14)19(23)27-20)15-7-6-12(22(24)25)10-18(15)26-17/h1-10,24-25H,21H2. The summed E-state index contributed by atoms with van der Waals surface area (Å²) in [7, 11) is 0. The minimum absolute atomic E-state index is 0.00339. The third-order valence-corrected chi connectivity index (χ3v) is 4.95. The molecule has 0 saturated carbocycles. The van der Waals surface area contributed by atoms with Gasteiger partial charge in [-0.05, 0) is 36.4 Å². The lowest BCUT2D eigenvalue weighted by Crippen LogP contribution is -2.33. The van der Waals surface area contributed by atoms with Gasteiger partial charge in [0.25, 0.3) is 0 Å². The Hall–Kier alpha value is -3.55. The molecule has 1 spiro atoms. The van der Waals surface area contributed by atoms with Crippen LogP contribution in [0.4, 0.5) is 11.4 Å². The van der Waals surface area contributed by atoms with Crippen LogP contribution in [0, 0.1) is 0 Å². The van der Waals surface area contributed by atoms with Crippen LogP contribution in [0.2, 0.25) is 0 Å². The number of benzene rings is 3. The van der Waals surface area contributed by atoms with Crippen molar-refractivity contribution >= 4 is 17.3 Å². The molecule has 2 aliphatic heterocycles. The van der Waals surface area contributed by atoms with E-state index in [1.165, 1.54) is 12.1 Å². The molecule has 7 nitrogen and oxygen atoms in total. The molecular weight excluding hydrogens is 348 g/mol. The number of hydrogen-bond acceptors (Lipinski definition) is 7. The van der Waals surface area contributed by atoms with Gasteiger partial charge in [0.15, 0.2) is 5.60 Å². The number of nitrogen functional groups attached to an aromatic ring is 1. The lowest BCUT2D eigenvalue weighted by molar-refractivity contribution is 0.0215. The van der Waals surface area contributed by atoms with Crippen LogP contribution in [0.3, 0.4) is 0 Å². The van der Waals surface area contributed by atoms with E-state index < -0.39 is 11.6 Å². The van der Waals surface area contributed by atoms with Gasteiger partial charge in [-0.15, -0.1) is 5.23 Å². The van der Waals surface area contributed by atoms with E-state index >= 15 is 0 Å². The van der Waals surface area contributed by atoms with Gasteiger partial charge in [0.05, 0.1) is 11.3 Å². The molecular formula is C20H14N2O5. The fourth-order valence-corrected chi connectivity index (χ4v) is 3.80. The van der Waals surface area contributed by atoms with Gasteiger partial charge in [-0.3, -0.25) is 10.4 Å². The summed E-state index contributed by atoms with van der Waals surface area (Å²) in [5.41, 5.74) is 7.74. The minimum atomic E-state index is -1.22. The van der Waals surface area contributed by atoms with Crippen molar-refractivity contribution in [1.82, 2.24) is 0 Å². The highest BCUT2D eigenvalue weighted by molar-refractivity contribution is 5.97. The van der Waals surface area contributed by atoms with Gasteiger partial charge in [-0.1, -0.05) is 18.2 Å². The van der Waals surface area contributed by atoms with Crippen LogP contribution in [0.25, 0.3) is 0 Å². The Kier molecular flexibility index (Phi) is 3.04. The lowest BCUT2D eigenvalue weighted by Gasteiger charge is -2.36. The molecule has 7 heteroatoms. The smallest absolute Gasteiger partial charge is 0.340 e. The Bertz CT molecular complexity index is 1110. The molecule has 134 valence electrons. The molecule has 1 unspecified atom stereocenters. The van der Waals surface area contributed by atoms with Crippen LogP contribution in [-0.4, -0.2) is 16.4 Å². The number of ether oxygens (including phenoxy) is 2. The van der Waals surface area contributed by atoms with Crippen molar-refractivity contribution in [2.24, 2.45) is 0 Å². The predicted octanol–water partition coefficient (Wildman–Crippen LogP) is 3.42. The number of nitrogens with zero attached hydrogens (tertiary/aromatic N) is 1. The van der Waals surface area contributed by atoms with E-state index in [1.54, 1.807) is 36.4 Å². The molecule has 4 N–H and O–H groups in total. The Labute approximate surface area is 153 Å². The number of anilines is 2. The summed E-state index contributed by atoms with van der Waals surface area (Å²) in [5, 5.41) is 18.7. The maximum Gasteiger partial charge on any atom is 0.340 e. The topological polar surface area (TPSA) is 105 Å². The second-order valence-electron chi connectivity index (χ2n) is 6.44. The molecule has 0 saturated heterocycles. The van der Waals surface area contributed by atoms with Crippen molar-refractivity contribution in [2.45, 2.75) is 5.60 Å². The van der Waals surface area contributed by atoms with E-state index in [9.17, 15) is 15.2 Å². The summed E-state index contributed by atoms with van der Waals surface area (Å²) in [6.07, 6.45) is 0. The summed E-state index contributed by atoms with van der Waals surface area (Å²) >= 11 is 0. The fraction of sp³-hybridized carbons (Fsp3) is 0.0500. The van der Waals surface area contributed by atoms with Crippen molar-refractivity contribution < 1.29 is 24.7 Å².